The molecule has 0 unspecified atom stereocenters. The number of aromatic hydroxyl groups is 1. The molecule has 9 rings (SSSR count). The van der Waals surface area contributed by atoms with Gasteiger partial charge in [-0.25, -0.2) is 4.39 Å². The van der Waals surface area contributed by atoms with Crippen molar-refractivity contribution in [3.05, 3.63) is 161 Å². The quantitative estimate of drug-likeness (QED) is 0.0842. The van der Waals surface area contributed by atoms with Crippen LogP contribution in [0, 0.1) is 29.5 Å². The Kier molecular flexibility index (Phi) is 9.62. The number of hydrogen-bond donors (Lipinski definition) is 4. The predicted molar refractivity (Wildman–Crippen MR) is 217 cm³/mol. The average molecular weight is 812 g/mol. The monoisotopic (exact) mass is 811 g/mol. The van der Waals surface area contributed by atoms with E-state index in [4.69, 9.17) is 16.3 Å². The molecule has 4 N–H and O–H groups in total. The third kappa shape index (κ3) is 6.28. The molecule has 11 nitrogen and oxygen atoms in total. The molecule has 14 heteroatoms. The Morgan fingerprint density at radius 2 is 1.58 bits per heavy atom. The molecule has 2 saturated heterocycles. The van der Waals surface area contributed by atoms with E-state index in [0.717, 1.165) is 15.5 Å². The number of phenolic OH excluding ortho intramolecular Hbond substituents is 1. The Labute approximate surface area is 343 Å². The van der Waals surface area contributed by atoms with E-state index in [1.165, 1.54) is 48.5 Å². The number of nitrogens with zero attached hydrogens (tertiary/aromatic N) is 2. The standard InChI is InChI=1S/C45H36BClFN3O8/c47-28-11-9-26(10-12-28)45-37(42(54)51(44(45)56)49-30-15-13-29(48)14-16-30)23-36-33(40(45)34-18-17-32(22-38(34)52)59-24-25-5-2-1-3-6-25)19-20-35-39(36)43(55)50(41(35)53)31-8-4-7-27(21-31)46(57)58/h1-19,21-22,35-37,39-40,49,52,57-58H,20,23-24H2/t35-,36+,37-,39-,40+,45+/m0/s1. The molecule has 0 spiro atoms. The van der Waals surface area contributed by atoms with Crippen molar-refractivity contribution in [1.82, 2.24) is 5.01 Å². The minimum atomic E-state index is -1.83. The molecule has 6 atom stereocenters. The first kappa shape index (κ1) is 38.3. The van der Waals surface area contributed by atoms with E-state index < -0.39 is 71.6 Å². The maximum Gasteiger partial charge on any atom is 0.488 e. The lowest BCUT2D eigenvalue weighted by atomic mass is 9.49. The van der Waals surface area contributed by atoms with Crippen LogP contribution in [0.5, 0.6) is 11.5 Å². The van der Waals surface area contributed by atoms with Crippen LogP contribution in [0.4, 0.5) is 15.8 Å². The van der Waals surface area contributed by atoms with E-state index in [9.17, 15) is 33.9 Å². The van der Waals surface area contributed by atoms with Crippen molar-refractivity contribution in [2.24, 2.45) is 23.7 Å². The Morgan fingerprint density at radius 1 is 0.831 bits per heavy atom. The molecule has 2 heterocycles. The summed E-state index contributed by atoms with van der Waals surface area (Å²) in [6.45, 7) is 0.222. The number of amides is 4. The lowest BCUT2D eigenvalue weighted by Gasteiger charge is -2.50. The van der Waals surface area contributed by atoms with Crippen LogP contribution in [0.15, 0.2) is 133 Å². The van der Waals surface area contributed by atoms with Crippen molar-refractivity contribution in [3.63, 3.8) is 0 Å². The molecule has 2 aliphatic heterocycles. The zero-order valence-corrected chi connectivity index (χ0v) is 32.0. The topological polar surface area (TPSA) is 157 Å². The number of rotatable bonds is 9. The van der Waals surface area contributed by atoms with Gasteiger partial charge in [0.1, 0.15) is 23.9 Å². The maximum atomic E-state index is 15.4. The Hall–Kier alpha value is -6.28. The van der Waals surface area contributed by atoms with Gasteiger partial charge in [0, 0.05) is 22.6 Å². The van der Waals surface area contributed by atoms with E-state index >= 15 is 4.79 Å². The Balaban J connectivity index is 1.20. The van der Waals surface area contributed by atoms with Crippen LogP contribution < -0.4 is 20.5 Å². The molecule has 1 saturated carbocycles. The fraction of sp³-hybridized carbons (Fsp3) is 0.200. The first-order chi connectivity index (χ1) is 28.5. The summed E-state index contributed by atoms with van der Waals surface area (Å²) in [5.41, 5.74) is 4.02. The molecular weight excluding hydrogens is 776 g/mol. The third-order valence-electron chi connectivity index (χ3n) is 12.2. The lowest BCUT2D eigenvalue weighted by molar-refractivity contribution is -0.138. The summed E-state index contributed by atoms with van der Waals surface area (Å²) in [5.74, 6) is -7.29. The third-order valence-corrected chi connectivity index (χ3v) is 12.5. The molecule has 0 aromatic heterocycles. The summed E-state index contributed by atoms with van der Waals surface area (Å²) in [6, 6.07) is 32.0. The van der Waals surface area contributed by atoms with E-state index in [-0.39, 0.29) is 42.0 Å². The molecule has 2 aliphatic carbocycles. The Bertz CT molecular complexity index is 2540. The summed E-state index contributed by atoms with van der Waals surface area (Å²) in [4.78, 5) is 60.2. The number of allylic oxidation sites excluding steroid dienone is 2. The van der Waals surface area contributed by atoms with Crippen molar-refractivity contribution < 1.29 is 43.5 Å². The van der Waals surface area contributed by atoms with Crippen molar-refractivity contribution in [3.8, 4) is 11.5 Å². The highest BCUT2D eigenvalue weighted by atomic mass is 35.5. The molecule has 5 aromatic rings. The molecule has 0 radical (unpaired) electrons. The molecule has 4 amide bonds. The number of carbonyl (C=O) groups is 4. The number of anilines is 2. The molecular formula is C45H36BClFN3O8. The van der Waals surface area contributed by atoms with Gasteiger partial charge in [-0.3, -0.25) is 29.5 Å². The number of imide groups is 2. The zero-order chi connectivity index (χ0) is 41.2. The summed E-state index contributed by atoms with van der Waals surface area (Å²) in [5, 5.41) is 33.1. The number of hydrogen-bond acceptors (Lipinski definition) is 9. The van der Waals surface area contributed by atoms with Crippen LogP contribution in [-0.2, 0) is 31.2 Å². The largest absolute Gasteiger partial charge is 0.508 e. The smallest absolute Gasteiger partial charge is 0.488 e. The molecule has 59 heavy (non-hydrogen) atoms. The second-order valence-corrected chi connectivity index (χ2v) is 15.8. The number of fused-ring (bicyclic) bond motifs is 4. The SMILES string of the molecule is O=C1[C@@H]2C[C@@H]3C(=CC[C@@H]4C(=O)N(c5cccc(B(O)O)c5)C(=O)[C@@H]43)[C@H](c3ccc(OCc4ccccc4)cc3O)[C@]2(c2ccc(Cl)cc2)C(=O)N1Nc1ccc(F)cc1. The summed E-state index contributed by atoms with van der Waals surface area (Å²) in [6.07, 6.45) is 1.97. The number of phenols is 1. The number of hydrazine groups is 1. The van der Waals surface area contributed by atoms with Gasteiger partial charge in [-0.1, -0.05) is 83.9 Å². The molecule has 5 aromatic carbocycles. The number of ether oxygens (including phenoxy) is 1. The molecule has 3 fully saturated rings. The van der Waals surface area contributed by atoms with Gasteiger partial charge in [0.15, 0.2) is 0 Å². The second kappa shape index (κ2) is 14.8. The van der Waals surface area contributed by atoms with Gasteiger partial charge in [-0.2, -0.15) is 5.01 Å². The molecule has 4 aliphatic rings. The van der Waals surface area contributed by atoms with Gasteiger partial charge in [0.05, 0.1) is 34.5 Å². The van der Waals surface area contributed by atoms with Gasteiger partial charge in [0.2, 0.25) is 11.8 Å². The van der Waals surface area contributed by atoms with Crippen molar-refractivity contribution in [1.29, 1.82) is 0 Å². The highest BCUT2D eigenvalue weighted by Crippen LogP contribution is 2.65. The Morgan fingerprint density at radius 3 is 2.29 bits per heavy atom. The van der Waals surface area contributed by atoms with E-state index in [2.05, 4.69) is 5.43 Å². The first-order valence-electron chi connectivity index (χ1n) is 19.2. The van der Waals surface area contributed by atoms with Crippen LogP contribution in [0.25, 0.3) is 0 Å². The number of nitrogens with one attached hydrogen (secondary N) is 1. The van der Waals surface area contributed by atoms with Gasteiger partial charge < -0.3 is 19.9 Å². The minimum absolute atomic E-state index is 0.0143. The first-order valence-corrected chi connectivity index (χ1v) is 19.5. The highest BCUT2D eigenvalue weighted by molar-refractivity contribution is 6.58. The normalized spacial score (nSPS) is 24.7. The van der Waals surface area contributed by atoms with Crippen LogP contribution in [-0.4, -0.2) is 50.9 Å². The fourth-order valence-corrected chi connectivity index (χ4v) is 9.80. The zero-order valence-electron chi connectivity index (χ0n) is 31.2. The van der Waals surface area contributed by atoms with Gasteiger partial charge in [-0.15, -0.1) is 0 Å². The second-order valence-electron chi connectivity index (χ2n) is 15.3. The summed E-state index contributed by atoms with van der Waals surface area (Å²) in [7, 11) is -1.83. The maximum absolute atomic E-state index is 15.4. The van der Waals surface area contributed by atoms with Gasteiger partial charge >= 0.3 is 7.12 Å². The van der Waals surface area contributed by atoms with Gasteiger partial charge in [0.25, 0.3) is 11.8 Å². The minimum Gasteiger partial charge on any atom is -0.508 e. The average Bonchev–Trinajstić information content (AvgIpc) is 3.62. The number of halogens is 2. The predicted octanol–water partition coefficient (Wildman–Crippen LogP) is 5.63. The van der Waals surface area contributed by atoms with Crippen LogP contribution >= 0.6 is 11.6 Å². The highest BCUT2D eigenvalue weighted by Gasteiger charge is 2.70. The summed E-state index contributed by atoms with van der Waals surface area (Å²) < 4.78 is 20.0. The molecule has 296 valence electrons. The lowest BCUT2D eigenvalue weighted by Crippen LogP contribution is -2.53. The van der Waals surface area contributed by atoms with Crippen LogP contribution in [0.3, 0.4) is 0 Å². The van der Waals surface area contributed by atoms with E-state index in [1.54, 1.807) is 42.5 Å². The van der Waals surface area contributed by atoms with Gasteiger partial charge in [-0.05, 0) is 89.9 Å². The van der Waals surface area contributed by atoms with Crippen molar-refractivity contribution >= 4 is 59.2 Å². The number of carbonyl (C=O) groups excluding carboxylic acids is 4. The van der Waals surface area contributed by atoms with Crippen LogP contribution in [0.1, 0.15) is 35.4 Å². The fourth-order valence-electron chi connectivity index (χ4n) is 9.68. The van der Waals surface area contributed by atoms with Crippen molar-refractivity contribution in [2.45, 2.75) is 30.8 Å². The van der Waals surface area contributed by atoms with E-state index in [1.807, 2.05) is 36.4 Å². The van der Waals surface area contributed by atoms with Crippen LogP contribution in [0.2, 0.25) is 5.02 Å². The molecule has 0 bridgehead atoms. The summed E-state index contributed by atoms with van der Waals surface area (Å²) >= 11 is 6.40. The van der Waals surface area contributed by atoms with Crippen molar-refractivity contribution in [2.75, 3.05) is 10.3 Å². The number of benzene rings is 5. The van der Waals surface area contributed by atoms with E-state index in [0.29, 0.717) is 27.5 Å².